The molecule has 0 spiro atoms. The van der Waals surface area contributed by atoms with E-state index in [0.717, 1.165) is 23.4 Å². The van der Waals surface area contributed by atoms with Crippen molar-refractivity contribution in [3.05, 3.63) is 47.2 Å². The summed E-state index contributed by atoms with van der Waals surface area (Å²) in [6, 6.07) is 6.00. The lowest BCUT2D eigenvalue weighted by atomic mass is 9.90. The molecule has 1 aliphatic carbocycles. The summed E-state index contributed by atoms with van der Waals surface area (Å²) in [5, 5.41) is 12.7. The van der Waals surface area contributed by atoms with Gasteiger partial charge in [-0.2, -0.15) is 0 Å². The molecular weight excluding hydrogens is 379 g/mol. The van der Waals surface area contributed by atoms with Gasteiger partial charge in [-0.1, -0.05) is 30.6 Å². The van der Waals surface area contributed by atoms with Crippen LogP contribution < -0.4 is 5.32 Å². The van der Waals surface area contributed by atoms with Crippen LogP contribution in [0.25, 0.3) is 11.3 Å². The number of halogens is 1. The number of nitrogens with zero attached hydrogens (tertiary/aromatic N) is 3. The smallest absolute Gasteiger partial charge is 0.226 e. The summed E-state index contributed by atoms with van der Waals surface area (Å²) in [5.41, 5.74) is 0.744. The van der Waals surface area contributed by atoms with E-state index in [-0.39, 0.29) is 18.1 Å². The molecule has 2 heterocycles. The Kier molecular flexibility index (Phi) is 5.76. The first kappa shape index (κ1) is 18.7. The van der Waals surface area contributed by atoms with E-state index in [9.17, 15) is 9.18 Å². The fourth-order valence-corrected chi connectivity index (χ4v) is 4.30. The largest absolute Gasteiger partial charge is 0.441 e. The SMILES string of the molecule is O=C(CCc1ncc(-c2ccc(F)cc2)o1)Nc1nnc(C2CCCCC2)s1. The Labute approximate surface area is 166 Å². The van der Waals surface area contributed by atoms with Crippen molar-refractivity contribution in [2.24, 2.45) is 0 Å². The maximum Gasteiger partial charge on any atom is 0.226 e. The summed E-state index contributed by atoms with van der Waals surface area (Å²) in [6.45, 7) is 0. The van der Waals surface area contributed by atoms with E-state index in [1.54, 1.807) is 18.3 Å². The molecular formula is C20H21FN4O2S. The molecule has 0 aliphatic heterocycles. The molecule has 0 atom stereocenters. The lowest BCUT2D eigenvalue weighted by Gasteiger charge is -2.18. The fourth-order valence-electron chi connectivity index (χ4n) is 3.38. The summed E-state index contributed by atoms with van der Waals surface area (Å²) < 4.78 is 18.7. The van der Waals surface area contributed by atoms with Gasteiger partial charge in [-0.25, -0.2) is 9.37 Å². The van der Waals surface area contributed by atoms with Gasteiger partial charge in [-0.3, -0.25) is 4.79 Å². The summed E-state index contributed by atoms with van der Waals surface area (Å²) >= 11 is 1.47. The van der Waals surface area contributed by atoms with Gasteiger partial charge in [0.05, 0.1) is 6.20 Å². The highest BCUT2D eigenvalue weighted by atomic mass is 32.1. The normalized spacial score (nSPS) is 14.9. The second kappa shape index (κ2) is 8.60. The van der Waals surface area contributed by atoms with E-state index < -0.39 is 0 Å². The number of anilines is 1. The molecule has 1 saturated carbocycles. The number of carbonyl (C=O) groups is 1. The second-order valence-corrected chi connectivity index (χ2v) is 7.96. The van der Waals surface area contributed by atoms with Crippen LogP contribution in [0, 0.1) is 5.82 Å². The number of hydrogen-bond donors (Lipinski definition) is 1. The first-order valence-corrected chi connectivity index (χ1v) is 10.3. The van der Waals surface area contributed by atoms with Crippen molar-refractivity contribution < 1.29 is 13.6 Å². The topological polar surface area (TPSA) is 80.9 Å². The Morgan fingerprint density at radius 1 is 1.18 bits per heavy atom. The molecule has 146 valence electrons. The quantitative estimate of drug-likeness (QED) is 0.633. The molecule has 4 rings (SSSR count). The van der Waals surface area contributed by atoms with Gasteiger partial charge in [0.1, 0.15) is 10.8 Å². The fraction of sp³-hybridized carbons (Fsp3) is 0.400. The van der Waals surface area contributed by atoms with Gasteiger partial charge in [-0.05, 0) is 37.1 Å². The minimum Gasteiger partial charge on any atom is -0.441 e. The zero-order valence-corrected chi connectivity index (χ0v) is 16.2. The third kappa shape index (κ3) is 4.62. The average molecular weight is 400 g/mol. The van der Waals surface area contributed by atoms with Crippen molar-refractivity contribution in [2.75, 3.05) is 5.32 Å². The monoisotopic (exact) mass is 400 g/mol. The zero-order valence-electron chi connectivity index (χ0n) is 15.4. The molecule has 1 aromatic carbocycles. The van der Waals surface area contributed by atoms with E-state index in [1.165, 1.54) is 42.7 Å². The number of hydrogen-bond acceptors (Lipinski definition) is 6. The van der Waals surface area contributed by atoms with Crippen LogP contribution in [0.4, 0.5) is 9.52 Å². The van der Waals surface area contributed by atoms with Crippen LogP contribution in [-0.2, 0) is 11.2 Å². The molecule has 3 aromatic rings. The van der Waals surface area contributed by atoms with Gasteiger partial charge in [0, 0.05) is 24.3 Å². The maximum atomic E-state index is 13.0. The Bertz CT molecular complexity index is 932. The number of benzene rings is 1. The molecule has 0 saturated heterocycles. The number of rotatable bonds is 6. The van der Waals surface area contributed by atoms with Crippen molar-refractivity contribution in [1.29, 1.82) is 0 Å². The van der Waals surface area contributed by atoms with Crippen molar-refractivity contribution in [1.82, 2.24) is 15.2 Å². The third-order valence-electron chi connectivity index (χ3n) is 4.89. The molecule has 28 heavy (non-hydrogen) atoms. The molecule has 8 heteroatoms. The van der Waals surface area contributed by atoms with Crippen molar-refractivity contribution in [3.8, 4) is 11.3 Å². The number of aromatic nitrogens is 3. The number of carbonyl (C=O) groups excluding carboxylic acids is 1. The number of aryl methyl sites for hydroxylation is 1. The van der Waals surface area contributed by atoms with Crippen molar-refractivity contribution in [2.45, 2.75) is 50.9 Å². The molecule has 1 N–H and O–H groups in total. The van der Waals surface area contributed by atoms with Gasteiger partial charge in [0.25, 0.3) is 0 Å². The van der Waals surface area contributed by atoms with Crippen LogP contribution in [0.3, 0.4) is 0 Å². The summed E-state index contributed by atoms with van der Waals surface area (Å²) in [6.07, 6.45) is 8.28. The first-order chi connectivity index (χ1) is 13.7. The summed E-state index contributed by atoms with van der Waals surface area (Å²) in [7, 11) is 0. The van der Waals surface area contributed by atoms with E-state index in [0.29, 0.717) is 29.1 Å². The molecule has 2 aromatic heterocycles. The third-order valence-corrected chi connectivity index (χ3v) is 5.89. The van der Waals surface area contributed by atoms with Crippen molar-refractivity contribution in [3.63, 3.8) is 0 Å². The Morgan fingerprint density at radius 3 is 2.75 bits per heavy atom. The van der Waals surface area contributed by atoms with E-state index in [4.69, 9.17) is 4.42 Å². The summed E-state index contributed by atoms with van der Waals surface area (Å²) in [5.74, 6) is 1.05. The van der Waals surface area contributed by atoms with Crippen LogP contribution in [0.1, 0.15) is 55.3 Å². The van der Waals surface area contributed by atoms with Gasteiger partial charge >= 0.3 is 0 Å². The molecule has 1 amide bonds. The number of oxazole rings is 1. The van der Waals surface area contributed by atoms with Gasteiger partial charge in [-0.15, -0.1) is 10.2 Å². The molecule has 0 radical (unpaired) electrons. The maximum absolute atomic E-state index is 13.0. The number of amides is 1. The summed E-state index contributed by atoms with van der Waals surface area (Å²) in [4.78, 5) is 16.4. The molecule has 0 unspecified atom stereocenters. The molecule has 0 bridgehead atoms. The Morgan fingerprint density at radius 2 is 1.96 bits per heavy atom. The zero-order chi connectivity index (χ0) is 19.3. The highest BCUT2D eigenvalue weighted by Gasteiger charge is 2.20. The number of nitrogens with one attached hydrogen (secondary N) is 1. The Balaban J connectivity index is 1.29. The Hall–Kier alpha value is -2.61. The highest BCUT2D eigenvalue weighted by Crippen LogP contribution is 2.35. The van der Waals surface area contributed by atoms with Crippen molar-refractivity contribution >= 4 is 22.4 Å². The van der Waals surface area contributed by atoms with Gasteiger partial charge < -0.3 is 9.73 Å². The van der Waals surface area contributed by atoms with E-state index >= 15 is 0 Å². The van der Waals surface area contributed by atoms with Crippen LogP contribution in [0.15, 0.2) is 34.9 Å². The van der Waals surface area contributed by atoms with E-state index in [1.807, 2.05) is 0 Å². The lowest BCUT2D eigenvalue weighted by molar-refractivity contribution is -0.116. The highest BCUT2D eigenvalue weighted by molar-refractivity contribution is 7.15. The second-order valence-electron chi connectivity index (χ2n) is 6.95. The van der Waals surface area contributed by atoms with Gasteiger partial charge in [0.15, 0.2) is 11.7 Å². The molecule has 1 fully saturated rings. The first-order valence-electron chi connectivity index (χ1n) is 9.51. The van der Waals surface area contributed by atoms with Crippen LogP contribution in [-0.4, -0.2) is 21.1 Å². The standard InChI is InChI=1S/C20H21FN4O2S/c21-15-8-6-13(7-9-15)16-12-22-18(27-16)11-10-17(26)23-20-25-24-19(28-20)14-4-2-1-3-5-14/h6-9,12,14H,1-5,10-11H2,(H,23,25,26). The predicted molar refractivity (Wildman–Crippen MR) is 105 cm³/mol. The predicted octanol–water partition coefficient (Wildman–Crippen LogP) is 4.95. The van der Waals surface area contributed by atoms with Crippen LogP contribution >= 0.6 is 11.3 Å². The minimum absolute atomic E-state index is 0.145. The minimum atomic E-state index is -0.302. The van der Waals surface area contributed by atoms with Crippen LogP contribution in [0.5, 0.6) is 0 Å². The average Bonchev–Trinajstić information content (AvgIpc) is 3.37. The molecule has 1 aliphatic rings. The van der Waals surface area contributed by atoms with E-state index in [2.05, 4.69) is 20.5 Å². The van der Waals surface area contributed by atoms with Crippen LogP contribution in [0.2, 0.25) is 0 Å². The molecule has 6 nitrogen and oxygen atoms in total. The lowest BCUT2D eigenvalue weighted by Crippen LogP contribution is -2.12. The van der Waals surface area contributed by atoms with Gasteiger partial charge in [0.2, 0.25) is 11.0 Å².